The molecule has 0 N–H and O–H groups in total. The van der Waals surface area contributed by atoms with Crippen molar-refractivity contribution in [2.45, 2.75) is 6.61 Å². The van der Waals surface area contributed by atoms with Crippen LogP contribution in [0.15, 0.2) is 57.6 Å². The van der Waals surface area contributed by atoms with Gasteiger partial charge in [0.15, 0.2) is 0 Å². The molecule has 0 atom stereocenters. The van der Waals surface area contributed by atoms with Gasteiger partial charge in [-0.1, -0.05) is 27.5 Å². The van der Waals surface area contributed by atoms with Crippen molar-refractivity contribution >= 4 is 39.4 Å². The zero-order valence-electron chi connectivity index (χ0n) is 13.3. The number of aryl methyl sites for hydroxylation is 1. The maximum absolute atomic E-state index is 12.0. The van der Waals surface area contributed by atoms with Crippen LogP contribution in [-0.4, -0.2) is 15.6 Å². The van der Waals surface area contributed by atoms with Crippen LogP contribution in [0, 0.1) is 0 Å². The van der Waals surface area contributed by atoms with Gasteiger partial charge in [0, 0.05) is 17.7 Å². The molecule has 25 heavy (non-hydrogen) atoms. The number of allylic oxidation sites excluding steroid dienone is 1. The van der Waals surface area contributed by atoms with Gasteiger partial charge in [-0.2, -0.15) is 5.10 Å². The lowest BCUT2D eigenvalue weighted by Gasteiger charge is -2.06. The predicted molar refractivity (Wildman–Crippen MR) is 98.8 cm³/mol. The second-order valence-corrected chi connectivity index (χ2v) is 6.56. The van der Waals surface area contributed by atoms with E-state index in [9.17, 15) is 4.79 Å². The summed E-state index contributed by atoms with van der Waals surface area (Å²) >= 11 is 9.45. The molecule has 128 valence electrons. The van der Waals surface area contributed by atoms with E-state index in [1.165, 1.54) is 6.08 Å². The molecule has 7 heteroatoms. The molecule has 0 amide bonds. The Balaban J connectivity index is 1.60. The third-order valence-electron chi connectivity index (χ3n) is 3.31. The van der Waals surface area contributed by atoms with Crippen LogP contribution in [0.2, 0.25) is 5.02 Å². The number of nitrogens with zero attached hydrogens (tertiary/aromatic N) is 2. The van der Waals surface area contributed by atoms with E-state index in [1.54, 1.807) is 54.3 Å². The number of rotatable bonds is 6. The molecule has 0 fully saturated rings. The summed E-state index contributed by atoms with van der Waals surface area (Å²) in [7, 11) is 1.76. The van der Waals surface area contributed by atoms with Gasteiger partial charge in [-0.3, -0.25) is 9.48 Å². The lowest BCUT2D eigenvalue weighted by Crippen LogP contribution is -1.97. The van der Waals surface area contributed by atoms with Crippen molar-refractivity contribution in [2.24, 2.45) is 7.05 Å². The van der Waals surface area contributed by atoms with E-state index in [2.05, 4.69) is 21.0 Å². The number of ketones is 1. The third kappa shape index (κ3) is 4.61. The first-order valence-corrected chi connectivity index (χ1v) is 8.57. The van der Waals surface area contributed by atoms with Gasteiger partial charge >= 0.3 is 0 Å². The van der Waals surface area contributed by atoms with E-state index < -0.39 is 0 Å². The van der Waals surface area contributed by atoms with E-state index in [0.29, 0.717) is 28.0 Å². The normalized spacial score (nSPS) is 11.2. The molecule has 2 heterocycles. The monoisotopic (exact) mass is 420 g/mol. The van der Waals surface area contributed by atoms with Crippen molar-refractivity contribution in [3.8, 4) is 5.75 Å². The summed E-state index contributed by atoms with van der Waals surface area (Å²) in [6, 6.07) is 10.6. The highest BCUT2D eigenvalue weighted by molar-refractivity contribution is 9.10. The quantitative estimate of drug-likeness (QED) is 0.419. The molecule has 0 radical (unpaired) electrons. The zero-order chi connectivity index (χ0) is 17.8. The summed E-state index contributed by atoms with van der Waals surface area (Å²) in [6.07, 6.45) is 4.75. The molecule has 3 aromatic rings. The first kappa shape index (κ1) is 17.5. The van der Waals surface area contributed by atoms with Crippen molar-refractivity contribution in [3.63, 3.8) is 0 Å². The Morgan fingerprint density at radius 3 is 2.92 bits per heavy atom. The Morgan fingerprint density at radius 2 is 2.20 bits per heavy atom. The summed E-state index contributed by atoms with van der Waals surface area (Å²) in [6.45, 7) is 0.239. The first-order chi connectivity index (χ1) is 12.0. The number of halogens is 2. The number of hydrogen-bond acceptors (Lipinski definition) is 4. The van der Waals surface area contributed by atoms with E-state index in [-0.39, 0.29) is 12.4 Å². The molecule has 0 unspecified atom stereocenters. The van der Waals surface area contributed by atoms with Crippen LogP contribution in [0.1, 0.15) is 22.0 Å². The Hall–Kier alpha value is -2.31. The van der Waals surface area contributed by atoms with Gasteiger partial charge in [0.1, 0.15) is 29.6 Å². The minimum atomic E-state index is -0.184. The number of hydrogen-bond donors (Lipinski definition) is 0. The van der Waals surface area contributed by atoms with E-state index >= 15 is 0 Å². The van der Waals surface area contributed by atoms with Crippen molar-refractivity contribution in [2.75, 3.05) is 0 Å². The maximum Gasteiger partial charge on any atom is 0.206 e. The Labute approximate surface area is 158 Å². The Morgan fingerprint density at radius 1 is 1.36 bits per heavy atom. The molecule has 0 bridgehead atoms. The molecule has 0 aliphatic heterocycles. The Kier molecular flexibility index (Phi) is 5.40. The van der Waals surface area contributed by atoms with Gasteiger partial charge in [0.05, 0.1) is 5.02 Å². The van der Waals surface area contributed by atoms with Crippen molar-refractivity contribution < 1.29 is 13.9 Å². The highest BCUT2D eigenvalue weighted by Crippen LogP contribution is 2.28. The molecule has 1 aromatic carbocycles. The molecule has 2 aromatic heterocycles. The fourth-order valence-corrected chi connectivity index (χ4v) is 2.82. The van der Waals surface area contributed by atoms with Crippen LogP contribution in [0.4, 0.5) is 0 Å². The van der Waals surface area contributed by atoms with E-state index in [4.69, 9.17) is 20.8 Å². The summed E-state index contributed by atoms with van der Waals surface area (Å²) < 4.78 is 13.7. The minimum Gasteiger partial charge on any atom is -0.484 e. The smallest absolute Gasteiger partial charge is 0.206 e. The lowest BCUT2D eigenvalue weighted by atomic mass is 10.2. The predicted octanol–water partition coefficient (Wildman–Crippen LogP) is 4.90. The molecule has 0 aliphatic carbocycles. The Bertz CT molecular complexity index is 930. The van der Waals surface area contributed by atoms with Crippen molar-refractivity contribution in [1.82, 2.24) is 9.78 Å². The van der Waals surface area contributed by atoms with Gasteiger partial charge in [-0.25, -0.2) is 0 Å². The van der Waals surface area contributed by atoms with Crippen LogP contribution >= 0.6 is 27.5 Å². The number of furan rings is 1. The molecule has 0 saturated heterocycles. The fourth-order valence-electron chi connectivity index (χ4n) is 2.09. The second-order valence-electron chi connectivity index (χ2n) is 5.24. The summed E-state index contributed by atoms with van der Waals surface area (Å²) in [5.74, 6) is 1.58. The van der Waals surface area contributed by atoms with Gasteiger partial charge < -0.3 is 9.15 Å². The van der Waals surface area contributed by atoms with Crippen LogP contribution in [0.25, 0.3) is 6.08 Å². The molecule has 0 saturated carbocycles. The van der Waals surface area contributed by atoms with Gasteiger partial charge in [0.25, 0.3) is 0 Å². The zero-order valence-corrected chi connectivity index (χ0v) is 15.6. The molecular formula is C18H14BrClN2O3. The van der Waals surface area contributed by atoms with Crippen LogP contribution in [-0.2, 0) is 13.7 Å². The SMILES string of the molecule is Cn1ccc(C(=O)/C=C/c2ccc(COc3ccc(Br)cc3Cl)o2)n1. The van der Waals surface area contributed by atoms with Crippen LogP contribution < -0.4 is 4.74 Å². The first-order valence-electron chi connectivity index (χ1n) is 7.40. The number of carbonyl (C=O) groups excluding carboxylic acids is 1. The van der Waals surface area contributed by atoms with Crippen LogP contribution in [0.3, 0.4) is 0 Å². The van der Waals surface area contributed by atoms with Gasteiger partial charge in [-0.15, -0.1) is 0 Å². The average molecular weight is 422 g/mol. The molecule has 0 aliphatic rings. The second kappa shape index (κ2) is 7.72. The van der Waals surface area contributed by atoms with Crippen molar-refractivity contribution in [3.05, 3.63) is 75.4 Å². The largest absolute Gasteiger partial charge is 0.484 e. The topological polar surface area (TPSA) is 57.3 Å². The number of benzene rings is 1. The summed E-state index contributed by atoms with van der Waals surface area (Å²) in [5, 5.41) is 4.57. The summed E-state index contributed by atoms with van der Waals surface area (Å²) in [4.78, 5) is 12.0. The van der Waals surface area contributed by atoms with Crippen LogP contribution in [0.5, 0.6) is 5.75 Å². The molecule has 0 spiro atoms. The summed E-state index contributed by atoms with van der Waals surface area (Å²) in [5.41, 5.74) is 0.388. The number of carbonyl (C=O) groups is 1. The van der Waals surface area contributed by atoms with E-state index in [0.717, 1.165) is 4.47 Å². The standard InChI is InChI=1S/C18H14BrClN2O3/c1-22-9-8-16(21-22)17(23)6-5-13-3-4-14(25-13)11-24-18-7-2-12(19)10-15(18)20/h2-10H,11H2,1H3/b6-5+. The lowest BCUT2D eigenvalue weighted by molar-refractivity contribution is 0.104. The highest BCUT2D eigenvalue weighted by Gasteiger charge is 2.07. The molecule has 5 nitrogen and oxygen atoms in total. The fraction of sp³-hybridized carbons (Fsp3) is 0.111. The number of ether oxygens (including phenoxy) is 1. The van der Waals surface area contributed by atoms with Gasteiger partial charge in [-0.05, 0) is 48.6 Å². The average Bonchev–Trinajstić information content (AvgIpc) is 3.21. The molecule has 3 rings (SSSR count). The van der Waals surface area contributed by atoms with E-state index in [1.807, 2.05) is 6.07 Å². The highest BCUT2D eigenvalue weighted by atomic mass is 79.9. The van der Waals surface area contributed by atoms with Gasteiger partial charge in [0.2, 0.25) is 5.78 Å². The third-order valence-corrected chi connectivity index (χ3v) is 4.10. The number of aromatic nitrogens is 2. The minimum absolute atomic E-state index is 0.184. The molecular weight excluding hydrogens is 408 g/mol. The van der Waals surface area contributed by atoms with Crippen molar-refractivity contribution in [1.29, 1.82) is 0 Å². The maximum atomic E-state index is 12.0.